The number of aryl methyl sites for hydroxylation is 1. The van der Waals surface area contributed by atoms with E-state index in [2.05, 4.69) is 10.3 Å². The normalized spacial score (nSPS) is 11.9. The molecule has 222 valence electrons. The van der Waals surface area contributed by atoms with Crippen molar-refractivity contribution in [3.8, 4) is 17.2 Å². The highest BCUT2D eigenvalue weighted by Gasteiger charge is 2.30. The van der Waals surface area contributed by atoms with Gasteiger partial charge in [-0.25, -0.2) is 0 Å². The number of nitrogens with one attached hydrogen (secondary N) is 2. The van der Waals surface area contributed by atoms with Crippen LogP contribution in [0.1, 0.15) is 38.7 Å². The number of benzene rings is 4. The molecule has 3 N–H and O–H groups in total. The number of para-hydroxylation sites is 3. The molecule has 4 aromatic carbocycles. The number of carbonyl (C=O) groups excluding carboxylic acids is 1. The number of nitrogens with zero attached hydrogens (tertiary/aromatic N) is 1. The van der Waals surface area contributed by atoms with Crippen molar-refractivity contribution in [2.75, 3.05) is 20.8 Å². The third kappa shape index (κ3) is 5.04. The zero-order valence-corrected chi connectivity index (χ0v) is 24.8. The average molecular weight is 588 g/mol. The van der Waals surface area contributed by atoms with Crippen LogP contribution in [0, 0.1) is 0 Å². The fraction of sp³-hybridized carbons (Fsp3) is 0.167. The van der Waals surface area contributed by atoms with Crippen molar-refractivity contribution in [2.45, 2.75) is 12.3 Å². The molecule has 0 aliphatic carbocycles. The van der Waals surface area contributed by atoms with Crippen molar-refractivity contribution in [1.29, 1.82) is 0 Å². The van der Waals surface area contributed by atoms with Crippen molar-refractivity contribution < 1.29 is 19.4 Å². The lowest BCUT2D eigenvalue weighted by atomic mass is 9.85. The summed E-state index contributed by atoms with van der Waals surface area (Å²) in [5.41, 5.74) is 4.40. The third-order valence-electron chi connectivity index (χ3n) is 8.17. The van der Waals surface area contributed by atoms with Crippen molar-refractivity contribution in [3.63, 3.8) is 0 Å². The van der Waals surface area contributed by atoms with E-state index in [1.54, 1.807) is 36.9 Å². The molecule has 6 rings (SSSR count). The molecule has 44 heavy (non-hydrogen) atoms. The number of pyridine rings is 1. The summed E-state index contributed by atoms with van der Waals surface area (Å²) in [5.74, 6) is 0.158. The van der Waals surface area contributed by atoms with Crippen LogP contribution in [0.2, 0.25) is 0 Å². The van der Waals surface area contributed by atoms with Gasteiger partial charge in [0.2, 0.25) is 0 Å². The Hall–Kier alpha value is -5.50. The van der Waals surface area contributed by atoms with E-state index < -0.39 is 5.92 Å². The zero-order chi connectivity index (χ0) is 30.8. The molecule has 0 fully saturated rings. The SMILES string of the molecule is COc1cccc(C(c2[nH]c3ccccc3c2CCNC(=O)c2ccccc2OC)c2c(O)c3ccccc3n(C)c2=O)c1. The molecular weight excluding hydrogens is 554 g/mol. The fourth-order valence-corrected chi connectivity index (χ4v) is 6.03. The molecule has 1 atom stereocenters. The molecule has 8 heteroatoms. The van der Waals surface area contributed by atoms with Crippen molar-refractivity contribution >= 4 is 27.7 Å². The molecular formula is C36H33N3O5. The van der Waals surface area contributed by atoms with Crippen LogP contribution in [0.5, 0.6) is 17.2 Å². The maximum atomic E-state index is 14.1. The van der Waals surface area contributed by atoms with Gasteiger partial charge in [0.1, 0.15) is 17.2 Å². The number of carbonyl (C=O) groups is 1. The Labute approximate surface area is 254 Å². The van der Waals surface area contributed by atoms with Gasteiger partial charge in [-0.1, -0.05) is 54.6 Å². The maximum Gasteiger partial charge on any atom is 0.258 e. The standard InChI is InChI=1S/C36H33N3O5/c1-39-29-17-8-5-14-26(29)34(40)32(36(39)42)31(22-11-10-12-23(21-22)43-2)33-25(24-13-4-7-16-28(24)38-33)19-20-37-35(41)27-15-6-9-18-30(27)44-3/h4-18,21,31,38,40H,19-20H2,1-3H3,(H,37,41). The number of hydrogen-bond donors (Lipinski definition) is 3. The average Bonchev–Trinajstić information content (AvgIpc) is 3.43. The predicted octanol–water partition coefficient (Wildman–Crippen LogP) is 5.90. The van der Waals surface area contributed by atoms with Gasteiger partial charge in [-0.3, -0.25) is 9.59 Å². The molecule has 1 amide bonds. The first-order valence-corrected chi connectivity index (χ1v) is 14.4. The summed E-state index contributed by atoms with van der Waals surface area (Å²) in [5, 5.41) is 16.3. The third-order valence-corrected chi connectivity index (χ3v) is 8.17. The van der Waals surface area contributed by atoms with E-state index in [9.17, 15) is 14.7 Å². The summed E-state index contributed by atoms with van der Waals surface area (Å²) >= 11 is 0. The highest BCUT2D eigenvalue weighted by molar-refractivity contribution is 5.97. The first kappa shape index (κ1) is 28.6. The van der Waals surface area contributed by atoms with Gasteiger partial charge < -0.3 is 29.4 Å². The Morgan fingerprint density at radius 3 is 2.43 bits per heavy atom. The van der Waals surface area contributed by atoms with Crippen LogP contribution in [-0.2, 0) is 13.5 Å². The number of rotatable bonds is 9. The van der Waals surface area contributed by atoms with Gasteiger partial charge in [0.05, 0.1) is 36.8 Å². The van der Waals surface area contributed by atoms with Gasteiger partial charge in [-0.15, -0.1) is 0 Å². The lowest BCUT2D eigenvalue weighted by Gasteiger charge is -2.22. The van der Waals surface area contributed by atoms with Gasteiger partial charge in [0, 0.05) is 35.6 Å². The number of aromatic hydroxyl groups is 1. The van der Waals surface area contributed by atoms with E-state index in [1.165, 1.54) is 7.11 Å². The highest BCUT2D eigenvalue weighted by atomic mass is 16.5. The van der Waals surface area contributed by atoms with Crippen LogP contribution in [0.4, 0.5) is 0 Å². The monoisotopic (exact) mass is 587 g/mol. The van der Waals surface area contributed by atoms with Crippen molar-refractivity contribution in [3.05, 3.63) is 135 Å². The Morgan fingerprint density at radius 1 is 0.909 bits per heavy atom. The van der Waals surface area contributed by atoms with Gasteiger partial charge in [-0.2, -0.15) is 0 Å². The molecule has 1 unspecified atom stereocenters. The minimum absolute atomic E-state index is 0.0643. The summed E-state index contributed by atoms with van der Waals surface area (Å²) < 4.78 is 12.5. The van der Waals surface area contributed by atoms with Gasteiger partial charge in [-0.05, 0) is 60.0 Å². The van der Waals surface area contributed by atoms with Crippen LogP contribution >= 0.6 is 0 Å². The Balaban J connectivity index is 1.51. The molecule has 0 aliphatic rings. The molecule has 0 saturated carbocycles. The molecule has 0 aliphatic heterocycles. The van der Waals surface area contributed by atoms with E-state index in [1.807, 2.05) is 78.9 Å². The van der Waals surface area contributed by atoms with E-state index in [0.29, 0.717) is 40.9 Å². The molecule has 8 nitrogen and oxygen atoms in total. The second kappa shape index (κ2) is 12.0. The van der Waals surface area contributed by atoms with E-state index >= 15 is 0 Å². The van der Waals surface area contributed by atoms with E-state index in [-0.39, 0.29) is 22.8 Å². The summed E-state index contributed by atoms with van der Waals surface area (Å²) in [6, 6.07) is 29.9. The number of aromatic amines is 1. The Morgan fingerprint density at radius 2 is 1.64 bits per heavy atom. The Kier molecular flexibility index (Phi) is 7.81. The highest BCUT2D eigenvalue weighted by Crippen LogP contribution is 2.41. The summed E-state index contributed by atoms with van der Waals surface area (Å²) in [6.07, 6.45) is 0.468. The van der Waals surface area contributed by atoms with Crippen LogP contribution in [0.3, 0.4) is 0 Å². The molecule has 0 bridgehead atoms. The molecule has 6 aromatic rings. The second-order valence-electron chi connectivity index (χ2n) is 10.6. The second-order valence-corrected chi connectivity index (χ2v) is 10.6. The van der Waals surface area contributed by atoms with Crippen LogP contribution in [0.15, 0.2) is 102 Å². The first-order chi connectivity index (χ1) is 21.4. The quantitative estimate of drug-likeness (QED) is 0.196. The maximum absolute atomic E-state index is 14.1. The minimum atomic E-state index is -0.666. The smallest absolute Gasteiger partial charge is 0.258 e. The van der Waals surface area contributed by atoms with Gasteiger partial charge >= 0.3 is 0 Å². The minimum Gasteiger partial charge on any atom is -0.507 e. The van der Waals surface area contributed by atoms with E-state index in [0.717, 1.165) is 27.7 Å². The largest absolute Gasteiger partial charge is 0.507 e. The van der Waals surface area contributed by atoms with Crippen LogP contribution in [0.25, 0.3) is 21.8 Å². The number of amides is 1. The first-order valence-electron chi connectivity index (χ1n) is 14.4. The lowest BCUT2D eigenvalue weighted by Crippen LogP contribution is -2.27. The molecule has 2 aromatic heterocycles. The molecule has 0 radical (unpaired) electrons. The number of aromatic nitrogens is 2. The molecule has 2 heterocycles. The summed E-state index contributed by atoms with van der Waals surface area (Å²) in [6.45, 7) is 0.332. The predicted molar refractivity (Wildman–Crippen MR) is 172 cm³/mol. The number of methoxy groups -OCH3 is 2. The Bertz CT molecular complexity index is 2060. The molecule has 0 saturated heterocycles. The topological polar surface area (TPSA) is 106 Å². The fourth-order valence-electron chi connectivity index (χ4n) is 6.03. The van der Waals surface area contributed by atoms with Crippen LogP contribution < -0.4 is 20.3 Å². The van der Waals surface area contributed by atoms with Crippen molar-refractivity contribution in [1.82, 2.24) is 14.9 Å². The van der Waals surface area contributed by atoms with Crippen molar-refractivity contribution in [2.24, 2.45) is 7.05 Å². The molecule has 0 spiro atoms. The zero-order valence-electron chi connectivity index (χ0n) is 24.8. The van der Waals surface area contributed by atoms with Gasteiger partial charge in [0.25, 0.3) is 11.5 Å². The van der Waals surface area contributed by atoms with E-state index in [4.69, 9.17) is 9.47 Å². The summed E-state index contributed by atoms with van der Waals surface area (Å²) in [4.78, 5) is 30.8. The van der Waals surface area contributed by atoms with Gasteiger partial charge in [0.15, 0.2) is 0 Å². The number of H-pyrrole nitrogens is 1. The number of fused-ring (bicyclic) bond motifs is 2. The summed E-state index contributed by atoms with van der Waals surface area (Å²) in [7, 11) is 4.85. The van der Waals surface area contributed by atoms with Crippen LogP contribution in [-0.4, -0.2) is 41.3 Å². The number of hydrogen-bond acceptors (Lipinski definition) is 5. The number of ether oxygens (including phenoxy) is 2. The lowest BCUT2D eigenvalue weighted by molar-refractivity contribution is 0.0951.